The summed E-state index contributed by atoms with van der Waals surface area (Å²) in [6, 6.07) is 2.98. The first-order valence-corrected chi connectivity index (χ1v) is 5.27. The van der Waals surface area contributed by atoms with Crippen molar-refractivity contribution in [3.05, 3.63) is 33.3 Å². The van der Waals surface area contributed by atoms with Crippen LogP contribution < -0.4 is 5.32 Å². The highest BCUT2D eigenvalue weighted by molar-refractivity contribution is 6.36. The molecule has 0 aliphatic rings. The molecule has 0 bridgehead atoms. The first kappa shape index (κ1) is 14.1. The van der Waals surface area contributed by atoms with E-state index in [4.69, 9.17) is 23.2 Å². The molecule has 0 unspecified atom stereocenters. The van der Waals surface area contributed by atoms with Crippen LogP contribution in [-0.2, 0) is 11.3 Å². The predicted octanol–water partition coefficient (Wildman–Crippen LogP) is 3.48. The van der Waals surface area contributed by atoms with Gasteiger partial charge in [-0.1, -0.05) is 29.3 Å². The maximum Gasteiger partial charge on any atom is 0.471 e. The molecule has 0 saturated heterocycles. The predicted molar refractivity (Wildman–Crippen MR) is 59.1 cm³/mol. The van der Waals surface area contributed by atoms with Crippen molar-refractivity contribution in [2.45, 2.75) is 19.6 Å². The van der Waals surface area contributed by atoms with Gasteiger partial charge in [-0.15, -0.1) is 0 Å². The summed E-state index contributed by atoms with van der Waals surface area (Å²) in [4.78, 5) is 10.6. The molecule has 0 aromatic heterocycles. The Hall–Kier alpha value is -0.940. The molecule has 0 spiro atoms. The van der Waals surface area contributed by atoms with Crippen LogP contribution in [0.25, 0.3) is 0 Å². The lowest BCUT2D eigenvalue weighted by molar-refractivity contribution is -0.173. The van der Waals surface area contributed by atoms with Gasteiger partial charge in [-0.25, -0.2) is 0 Å². The third-order valence-electron chi connectivity index (χ3n) is 2.10. The van der Waals surface area contributed by atoms with E-state index in [1.54, 1.807) is 12.2 Å². The van der Waals surface area contributed by atoms with E-state index < -0.39 is 12.1 Å². The lowest BCUT2D eigenvalue weighted by atomic mass is 10.1. The minimum absolute atomic E-state index is 0.250. The summed E-state index contributed by atoms with van der Waals surface area (Å²) in [6.45, 7) is 1.34. The molecule has 0 aliphatic heterocycles. The van der Waals surface area contributed by atoms with Crippen molar-refractivity contribution in [1.82, 2.24) is 5.32 Å². The number of hydrogen-bond donors (Lipinski definition) is 1. The van der Waals surface area contributed by atoms with Gasteiger partial charge in [0.25, 0.3) is 0 Å². The van der Waals surface area contributed by atoms with E-state index in [0.29, 0.717) is 16.1 Å². The lowest BCUT2D eigenvalue weighted by Gasteiger charge is -2.11. The Morgan fingerprint density at radius 3 is 2.47 bits per heavy atom. The van der Waals surface area contributed by atoms with Crippen LogP contribution in [0.1, 0.15) is 11.1 Å². The molecule has 94 valence electrons. The average molecular weight is 286 g/mol. The number of amides is 1. The SMILES string of the molecule is Cc1c(Cl)ccc(CNC(=O)C(F)(F)F)c1Cl. The van der Waals surface area contributed by atoms with E-state index >= 15 is 0 Å². The normalized spacial score (nSPS) is 11.4. The van der Waals surface area contributed by atoms with Gasteiger partial charge in [0.1, 0.15) is 0 Å². The van der Waals surface area contributed by atoms with E-state index in [9.17, 15) is 18.0 Å². The highest BCUT2D eigenvalue weighted by Crippen LogP contribution is 2.27. The first-order chi connectivity index (χ1) is 7.73. The van der Waals surface area contributed by atoms with Crippen LogP contribution in [0, 0.1) is 6.92 Å². The van der Waals surface area contributed by atoms with Crippen LogP contribution >= 0.6 is 23.2 Å². The third kappa shape index (κ3) is 3.51. The van der Waals surface area contributed by atoms with Gasteiger partial charge >= 0.3 is 12.1 Å². The highest BCUT2D eigenvalue weighted by atomic mass is 35.5. The zero-order valence-electron chi connectivity index (χ0n) is 8.66. The zero-order valence-corrected chi connectivity index (χ0v) is 10.2. The summed E-state index contributed by atoms with van der Waals surface area (Å²) in [6.07, 6.45) is -4.89. The average Bonchev–Trinajstić information content (AvgIpc) is 2.23. The largest absolute Gasteiger partial charge is 0.471 e. The summed E-state index contributed by atoms with van der Waals surface area (Å²) in [7, 11) is 0. The van der Waals surface area contributed by atoms with Gasteiger partial charge in [-0.2, -0.15) is 13.2 Å². The Labute approximate surface area is 106 Å². The van der Waals surface area contributed by atoms with Gasteiger partial charge in [-0.3, -0.25) is 4.79 Å². The molecule has 0 atom stereocenters. The van der Waals surface area contributed by atoms with Crippen molar-refractivity contribution in [1.29, 1.82) is 0 Å². The Bertz CT molecular complexity index is 446. The maximum absolute atomic E-state index is 11.9. The summed E-state index contributed by atoms with van der Waals surface area (Å²) >= 11 is 11.6. The van der Waals surface area contributed by atoms with Crippen molar-refractivity contribution in [3.8, 4) is 0 Å². The monoisotopic (exact) mass is 285 g/mol. The van der Waals surface area contributed by atoms with Gasteiger partial charge in [0.15, 0.2) is 0 Å². The molecule has 0 saturated carbocycles. The highest BCUT2D eigenvalue weighted by Gasteiger charge is 2.38. The summed E-state index contributed by atoms with van der Waals surface area (Å²) < 4.78 is 35.8. The van der Waals surface area contributed by atoms with E-state index in [1.807, 2.05) is 0 Å². The molecule has 17 heavy (non-hydrogen) atoms. The molecule has 1 aromatic carbocycles. The number of rotatable bonds is 2. The quantitative estimate of drug-likeness (QED) is 0.886. The standard InChI is InChI=1S/C10H8Cl2F3NO/c1-5-7(11)3-2-6(8(5)12)4-16-9(17)10(13,14)15/h2-3H,4H2,1H3,(H,16,17). The summed E-state index contributed by atoms with van der Waals surface area (Å²) in [5.74, 6) is -2.00. The Morgan fingerprint density at radius 2 is 1.94 bits per heavy atom. The maximum atomic E-state index is 11.9. The second kappa shape index (κ2) is 5.14. The van der Waals surface area contributed by atoms with E-state index in [-0.39, 0.29) is 11.6 Å². The molecule has 0 heterocycles. The fourth-order valence-corrected chi connectivity index (χ4v) is 1.57. The van der Waals surface area contributed by atoms with Crippen LogP contribution in [0.2, 0.25) is 10.0 Å². The fourth-order valence-electron chi connectivity index (χ4n) is 1.13. The van der Waals surface area contributed by atoms with Crippen molar-refractivity contribution in [2.75, 3.05) is 0 Å². The smallest absolute Gasteiger partial charge is 0.344 e. The van der Waals surface area contributed by atoms with E-state index in [0.717, 1.165) is 0 Å². The second-order valence-electron chi connectivity index (χ2n) is 3.33. The molecule has 1 amide bonds. The summed E-state index contributed by atoms with van der Waals surface area (Å²) in [5, 5.41) is 2.40. The van der Waals surface area contributed by atoms with Gasteiger partial charge in [0, 0.05) is 16.6 Å². The van der Waals surface area contributed by atoms with E-state index in [1.165, 1.54) is 12.1 Å². The second-order valence-corrected chi connectivity index (χ2v) is 4.11. The van der Waals surface area contributed by atoms with Gasteiger partial charge in [0.2, 0.25) is 0 Å². The third-order valence-corrected chi connectivity index (χ3v) is 3.03. The first-order valence-electron chi connectivity index (χ1n) is 4.52. The molecule has 1 N–H and O–H groups in total. The number of alkyl halides is 3. The summed E-state index contributed by atoms with van der Waals surface area (Å²) in [5.41, 5.74) is 0.943. The fraction of sp³-hybridized carbons (Fsp3) is 0.300. The van der Waals surface area contributed by atoms with Crippen LogP contribution in [0.4, 0.5) is 13.2 Å². The molecule has 7 heteroatoms. The topological polar surface area (TPSA) is 29.1 Å². The number of hydrogen-bond acceptors (Lipinski definition) is 1. The van der Waals surface area contributed by atoms with Gasteiger partial charge < -0.3 is 5.32 Å². The lowest BCUT2D eigenvalue weighted by Crippen LogP contribution is -2.36. The van der Waals surface area contributed by atoms with Crippen LogP contribution in [0.5, 0.6) is 0 Å². The van der Waals surface area contributed by atoms with Crippen molar-refractivity contribution in [3.63, 3.8) is 0 Å². The van der Waals surface area contributed by atoms with Gasteiger partial charge in [-0.05, 0) is 24.1 Å². The molecule has 1 rings (SSSR count). The van der Waals surface area contributed by atoms with Crippen molar-refractivity contribution >= 4 is 29.1 Å². The minimum Gasteiger partial charge on any atom is -0.344 e. The van der Waals surface area contributed by atoms with Crippen molar-refractivity contribution < 1.29 is 18.0 Å². The van der Waals surface area contributed by atoms with Gasteiger partial charge in [0.05, 0.1) is 0 Å². The Kier molecular flexibility index (Phi) is 4.27. The molecule has 1 aromatic rings. The number of halogens is 5. The minimum atomic E-state index is -4.89. The Balaban J connectivity index is 2.78. The number of benzene rings is 1. The number of carbonyl (C=O) groups is 1. The molecule has 0 aliphatic carbocycles. The zero-order chi connectivity index (χ0) is 13.2. The molecular weight excluding hydrogens is 278 g/mol. The molecule has 0 radical (unpaired) electrons. The van der Waals surface area contributed by atoms with Crippen LogP contribution in [-0.4, -0.2) is 12.1 Å². The van der Waals surface area contributed by atoms with Crippen LogP contribution in [0.15, 0.2) is 12.1 Å². The number of nitrogens with one attached hydrogen (secondary N) is 1. The molecule has 0 fully saturated rings. The molecule has 2 nitrogen and oxygen atoms in total. The number of carbonyl (C=O) groups excluding carboxylic acids is 1. The van der Waals surface area contributed by atoms with Crippen LogP contribution in [0.3, 0.4) is 0 Å². The van der Waals surface area contributed by atoms with Crippen molar-refractivity contribution in [2.24, 2.45) is 0 Å². The van der Waals surface area contributed by atoms with E-state index in [2.05, 4.69) is 0 Å². The Morgan fingerprint density at radius 1 is 1.35 bits per heavy atom. The molecular formula is C10H8Cl2F3NO.